The molecule has 0 radical (unpaired) electrons. The van der Waals surface area contributed by atoms with Crippen LogP contribution in [0, 0.1) is 0 Å². The summed E-state index contributed by atoms with van der Waals surface area (Å²) in [6.45, 7) is 9.43. The minimum absolute atomic E-state index is 0.0732. The molecule has 43 heavy (non-hydrogen) atoms. The summed E-state index contributed by atoms with van der Waals surface area (Å²) >= 11 is 7.17. The van der Waals surface area contributed by atoms with E-state index in [1.165, 1.54) is 66.3 Å². The summed E-state index contributed by atoms with van der Waals surface area (Å²) in [4.78, 5) is 2.38. The molecule has 0 amide bonds. The zero-order valence-electron chi connectivity index (χ0n) is 26.4. The number of benzene rings is 3. The molecule has 2 aliphatic carbocycles. The Labute approximate surface area is 261 Å². The highest BCUT2D eigenvalue weighted by atomic mass is 35.5. The normalized spacial score (nSPS) is 22.3. The highest BCUT2D eigenvalue weighted by Crippen LogP contribution is 2.46. The lowest BCUT2D eigenvalue weighted by Gasteiger charge is -2.24. The molecule has 3 aromatic rings. The van der Waals surface area contributed by atoms with Crippen molar-refractivity contribution in [1.82, 2.24) is 0 Å². The third-order valence-corrected chi connectivity index (χ3v) is 10.8. The second-order valence-electron chi connectivity index (χ2n) is 13.7. The van der Waals surface area contributed by atoms with Crippen LogP contribution in [0.5, 0.6) is 0 Å². The lowest BCUT2D eigenvalue weighted by atomic mass is 9.79. The number of hydrogen-bond donors (Lipinski definition) is 0. The molecule has 3 aromatic carbocycles. The molecule has 0 fully saturated rings. The van der Waals surface area contributed by atoms with Gasteiger partial charge in [-0.25, -0.2) is 0 Å². The van der Waals surface area contributed by atoms with Crippen LogP contribution >= 0.6 is 11.6 Å². The monoisotopic (exact) mass is 585 g/mol. The van der Waals surface area contributed by atoms with Crippen molar-refractivity contribution in [2.45, 2.75) is 70.6 Å². The van der Waals surface area contributed by atoms with Gasteiger partial charge in [0.25, 0.3) is 0 Å². The molecule has 3 heteroatoms. The predicted octanol–water partition coefficient (Wildman–Crippen LogP) is 8.67. The molecular formula is C40H42ClN2+. The topological polar surface area (TPSA) is 6.25 Å². The van der Waals surface area contributed by atoms with Crippen LogP contribution in [0.3, 0.4) is 0 Å². The van der Waals surface area contributed by atoms with Crippen molar-refractivity contribution in [3.05, 3.63) is 116 Å². The molecule has 218 valence electrons. The lowest BCUT2D eigenvalue weighted by molar-refractivity contribution is -0.401. The van der Waals surface area contributed by atoms with E-state index in [4.69, 9.17) is 11.6 Å². The Hall–Kier alpha value is -3.62. The van der Waals surface area contributed by atoms with Crippen molar-refractivity contribution in [2.75, 3.05) is 19.0 Å². The standard InChI is InChI=1S/C40H42ClN2/c1-39(2)34(42(5)32-22-18-26-12-7-9-16-30(26)36(32)39)24-20-28-14-11-15-29(38(28)41)21-25-35-40(3,4)37-31-17-10-8-13-27(31)19-23-33(37)43(35)6/h7,9,12-13,16-25H,8,10-11,14-15H2,1-6H3/q+1. The van der Waals surface area contributed by atoms with E-state index in [0.29, 0.717) is 0 Å². The zero-order chi connectivity index (χ0) is 30.1. The van der Waals surface area contributed by atoms with Crippen LogP contribution in [0.1, 0.15) is 70.9 Å². The van der Waals surface area contributed by atoms with Gasteiger partial charge >= 0.3 is 0 Å². The number of hydrogen-bond acceptors (Lipinski definition) is 1. The summed E-state index contributed by atoms with van der Waals surface area (Å²) < 4.78 is 2.36. The number of anilines is 1. The van der Waals surface area contributed by atoms with Gasteiger partial charge in [0, 0.05) is 46.6 Å². The van der Waals surface area contributed by atoms with Gasteiger partial charge in [0.1, 0.15) is 7.05 Å². The van der Waals surface area contributed by atoms with E-state index in [1.807, 2.05) is 0 Å². The lowest BCUT2D eigenvalue weighted by Crippen LogP contribution is -2.35. The first-order chi connectivity index (χ1) is 20.6. The van der Waals surface area contributed by atoms with Crippen molar-refractivity contribution >= 4 is 51.6 Å². The first-order valence-electron chi connectivity index (χ1n) is 15.8. The highest BCUT2D eigenvalue weighted by molar-refractivity contribution is 6.32. The summed E-state index contributed by atoms with van der Waals surface area (Å²) in [5.74, 6) is 0. The molecule has 4 aliphatic rings. The number of likely N-dealkylation sites (N-methyl/N-ethyl adjacent to an activating group) is 1. The van der Waals surface area contributed by atoms with Crippen molar-refractivity contribution in [3.63, 3.8) is 0 Å². The highest BCUT2D eigenvalue weighted by Gasteiger charge is 2.44. The molecule has 0 bridgehead atoms. The summed E-state index contributed by atoms with van der Waals surface area (Å²) in [6.07, 6.45) is 19.4. The fourth-order valence-electron chi connectivity index (χ4n) is 8.18. The van der Waals surface area contributed by atoms with Crippen LogP contribution in [0.25, 0.3) is 22.9 Å². The largest absolute Gasteiger partial charge is 0.347 e. The molecule has 0 N–H and O–H groups in total. The van der Waals surface area contributed by atoms with Gasteiger partial charge in [-0.1, -0.05) is 80.1 Å². The number of nitrogens with zero attached hydrogens (tertiary/aromatic N) is 2. The Morgan fingerprint density at radius 3 is 2.47 bits per heavy atom. The van der Waals surface area contributed by atoms with Gasteiger partial charge < -0.3 is 4.90 Å². The van der Waals surface area contributed by atoms with Crippen LogP contribution in [-0.4, -0.2) is 24.4 Å². The zero-order valence-corrected chi connectivity index (χ0v) is 27.1. The Morgan fingerprint density at radius 2 is 1.63 bits per heavy atom. The molecule has 2 aliphatic heterocycles. The third-order valence-electron chi connectivity index (χ3n) is 10.4. The van der Waals surface area contributed by atoms with Crippen molar-refractivity contribution in [1.29, 1.82) is 0 Å². The number of fused-ring (bicyclic) bond motifs is 6. The number of rotatable bonds is 3. The molecule has 0 unspecified atom stereocenters. The van der Waals surface area contributed by atoms with Gasteiger partial charge in [-0.05, 0) is 102 Å². The first kappa shape index (κ1) is 28.2. The van der Waals surface area contributed by atoms with Gasteiger partial charge in [0.15, 0.2) is 5.71 Å². The SMILES string of the molecule is CN1/C(=C/C=C2\CCCC(/C=C/C3=[N+](C)c4ccc5ccccc5c4C3(C)C)=C2Cl)C(C)(C)c2c1ccc1c2=CCCC=1. The summed E-state index contributed by atoms with van der Waals surface area (Å²) in [6, 6.07) is 17.9. The summed E-state index contributed by atoms with van der Waals surface area (Å²) in [5.41, 5.74) is 10.4. The molecule has 0 spiro atoms. The molecule has 0 aromatic heterocycles. The van der Waals surface area contributed by atoms with E-state index in [0.717, 1.165) is 37.1 Å². The summed E-state index contributed by atoms with van der Waals surface area (Å²) in [5, 5.41) is 6.35. The number of allylic oxidation sites excluding steroid dienone is 8. The van der Waals surface area contributed by atoms with Crippen LogP contribution < -0.4 is 15.3 Å². The minimum atomic E-state index is -0.103. The molecule has 0 saturated heterocycles. The second kappa shape index (κ2) is 10.2. The fraction of sp³-hybridized carbons (Fsp3) is 0.325. The van der Waals surface area contributed by atoms with E-state index in [-0.39, 0.29) is 10.8 Å². The third kappa shape index (κ3) is 4.32. The maximum absolute atomic E-state index is 7.17. The van der Waals surface area contributed by atoms with Crippen molar-refractivity contribution in [2.24, 2.45) is 0 Å². The van der Waals surface area contributed by atoms with E-state index in [9.17, 15) is 0 Å². The fourth-order valence-corrected chi connectivity index (χ4v) is 8.50. The van der Waals surface area contributed by atoms with E-state index < -0.39 is 0 Å². The number of halogens is 1. The minimum Gasteiger partial charge on any atom is -0.347 e. The van der Waals surface area contributed by atoms with Crippen LogP contribution in [0.4, 0.5) is 11.4 Å². The van der Waals surface area contributed by atoms with E-state index in [2.05, 4.69) is 136 Å². The maximum Gasteiger partial charge on any atom is 0.210 e. The molecular weight excluding hydrogens is 544 g/mol. The van der Waals surface area contributed by atoms with Crippen LogP contribution in [-0.2, 0) is 10.8 Å². The summed E-state index contributed by atoms with van der Waals surface area (Å²) in [7, 11) is 4.41. The first-order valence-corrected chi connectivity index (χ1v) is 16.2. The molecule has 7 rings (SSSR count). The average Bonchev–Trinajstić information content (AvgIpc) is 3.33. The van der Waals surface area contributed by atoms with E-state index >= 15 is 0 Å². The average molecular weight is 586 g/mol. The molecule has 0 saturated carbocycles. The second-order valence-corrected chi connectivity index (χ2v) is 14.0. The Kier molecular flexibility index (Phi) is 6.71. The quantitative estimate of drug-likeness (QED) is 0.279. The Balaban J connectivity index is 1.22. The van der Waals surface area contributed by atoms with Crippen LogP contribution in [0.15, 0.2) is 94.7 Å². The Morgan fingerprint density at radius 1 is 0.837 bits per heavy atom. The van der Waals surface area contributed by atoms with E-state index in [1.54, 1.807) is 0 Å². The van der Waals surface area contributed by atoms with Gasteiger partial charge in [-0.2, -0.15) is 4.58 Å². The van der Waals surface area contributed by atoms with Gasteiger partial charge in [0.05, 0.1) is 5.41 Å². The molecule has 2 nitrogen and oxygen atoms in total. The van der Waals surface area contributed by atoms with Gasteiger partial charge in [-0.3, -0.25) is 0 Å². The van der Waals surface area contributed by atoms with Crippen molar-refractivity contribution < 1.29 is 4.58 Å². The Bertz CT molecular complexity index is 1980. The van der Waals surface area contributed by atoms with Gasteiger partial charge in [-0.15, -0.1) is 0 Å². The van der Waals surface area contributed by atoms with Gasteiger partial charge in [0.2, 0.25) is 5.69 Å². The molecule has 0 atom stereocenters. The van der Waals surface area contributed by atoms with Crippen LogP contribution in [0.2, 0.25) is 0 Å². The van der Waals surface area contributed by atoms with Crippen molar-refractivity contribution in [3.8, 4) is 0 Å². The maximum atomic E-state index is 7.17. The predicted molar refractivity (Wildman–Crippen MR) is 185 cm³/mol. The smallest absolute Gasteiger partial charge is 0.210 e. The molecule has 2 heterocycles.